The van der Waals surface area contributed by atoms with Crippen LogP contribution in [0.2, 0.25) is 0 Å². The van der Waals surface area contributed by atoms with Gasteiger partial charge >= 0.3 is 6.09 Å². The van der Waals surface area contributed by atoms with Gasteiger partial charge in [-0.15, -0.1) is 0 Å². The largest absolute Gasteiger partial charge is 0.489 e. The first kappa shape index (κ1) is 18.0. The average Bonchev–Trinajstić information content (AvgIpc) is 2.87. The lowest BCUT2D eigenvalue weighted by Gasteiger charge is -2.56. The second kappa shape index (κ2) is 5.94. The van der Waals surface area contributed by atoms with E-state index in [0.29, 0.717) is 24.7 Å². The molecule has 1 amide bonds. The Morgan fingerprint density at radius 2 is 2.00 bits per heavy atom. The molecule has 9 nitrogen and oxygen atoms in total. The molecule has 5 rings (SSSR count). The van der Waals surface area contributed by atoms with Gasteiger partial charge in [0.15, 0.2) is 0 Å². The molecule has 1 aromatic rings. The van der Waals surface area contributed by atoms with Crippen LogP contribution in [-0.4, -0.2) is 69.9 Å². The van der Waals surface area contributed by atoms with Gasteiger partial charge in [0, 0.05) is 31.6 Å². The average molecular weight is 414 g/mol. The Balaban J connectivity index is 1.37. The van der Waals surface area contributed by atoms with Crippen molar-refractivity contribution in [3.8, 4) is 5.75 Å². The molecule has 1 aromatic carbocycles. The van der Waals surface area contributed by atoms with E-state index in [4.69, 9.17) is 18.8 Å². The van der Waals surface area contributed by atoms with Crippen molar-refractivity contribution in [2.45, 2.75) is 18.6 Å². The summed E-state index contributed by atoms with van der Waals surface area (Å²) in [7, 11) is -4.18. The predicted octanol–water partition coefficient (Wildman–Crippen LogP) is 1.03. The minimum absolute atomic E-state index is 0.0665. The molecule has 1 N–H and O–H groups in total. The summed E-state index contributed by atoms with van der Waals surface area (Å²) in [6.07, 6.45) is -1.51. The molecular weight excluding hydrogens is 395 g/mol. The quantitative estimate of drug-likeness (QED) is 0.729. The maximum atomic E-state index is 14.8. The van der Waals surface area contributed by atoms with E-state index in [-0.39, 0.29) is 24.1 Å². The molecule has 0 aromatic heterocycles. The lowest BCUT2D eigenvalue weighted by atomic mass is 9.77. The van der Waals surface area contributed by atoms with Crippen molar-refractivity contribution in [1.82, 2.24) is 0 Å². The number of carbonyl (C=O) groups excluding carboxylic acids is 1. The molecule has 4 aliphatic rings. The van der Waals surface area contributed by atoms with Crippen LogP contribution in [0.15, 0.2) is 12.1 Å². The number of rotatable bonds is 4. The Hall–Kier alpha value is -2.11. The first-order chi connectivity index (χ1) is 13.2. The molecule has 2 atom stereocenters. The van der Waals surface area contributed by atoms with Crippen LogP contribution in [0.1, 0.15) is 6.42 Å². The van der Waals surface area contributed by atoms with E-state index in [9.17, 15) is 17.6 Å². The van der Waals surface area contributed by atoms with E-state index in [1.807, 2.05) is 4.90 Å². The van der Waals surface area contributed by atoms with Crippen molar-refractivity contribution in [3.05, 3.63) is 17.9 Å². The van der Waals surface area contributed by atoms with Crippen molar-refractivity contribution < 1.29 is 36.4 Å². The molecule has 4 heterocycles. The number of anilines is 2. The van der Waals surface area contributed by atoms with Crippen LogP contribution in [0.3, 0.4) is 0 Å². The highest BCUT2D eigenvalue weighted by Crippen LogP contribution is 2.46. The summed E-state index contributed by atoms with van der Waals surface area (Å²) < 4.78 is 61.9. The van der Waals surface area contributed by atoms with E-state index >= 15 is 0 Å². The first-order valence-electron chi connectivity index (χ1n) is 8.99. The Morgan fingerprint density at radius 3 is 2.64 bits per heavy atom. The maximum absolute atomic E-state index is 14.8. The van der Waals surface area contributed by atoms with E-state index in [1.54, 1.807) is 6.07 Å². The van der Waals surface area contributed by atoms with E-state index in [1.165, 1.54) is 11.0 Å². The highest BCUT2D eigenvalue weighted by molar-refractivity contribution is 7.85. The van der Waals surface area contributed by atoms with Crippen LogP contribution >= 0.6 is 0 Å². The summed E-state index contributed by atoms with van der Waals surface area (Å²) in [5, 5.41) is 0. The molecule has 0 aliphatic carbocycles. The van der Waals surface area contributed by atoms with E-state index in [0.717, 1.165) is 13.1 Å². The van der Waals surface area contributed by atoms with Crippen LogP contribution < -0.4 is 14.5 Å². The van der Waals surface area contributed by atoms with Crippen molar-refractivity contribution in [3.63, 3.8) is 0 Å². The van der Waals surface area contributed by atoms with Gasteiger partial charge in [0.05, 0.1) is 35.8 Å². The zero-order valence-corrected chi connectivity index (χ0v) is 15.7. The van der Waals surface area contributed by atoms with Gasteiger partial charge in [0.1, 0.15) is 30.3 Å². The minimum atomic E-state index is -4.18. The molecule has 3 saturated heterocycles. The number of hydrogen-bond acceptors (Lipinski definition) is 7. The van der Waals surface area contributed by atoms with Crippen molar-refractivity contribution in [2.24, 2.45) is 5.41 Å². The molecule has 4 aliphatic heterocycles. The second-order valence-electron chi connectivity index (χ2n) is 7.87. The second-order valence-corrected chi connectivity index (χ2v) is 9.44. The van der Waals surface area contributed by atoms with Gasteiger partial charge < -0.3 is 19.1 Å². The van der Waals surface area contributed by atoms with Crippen LogP contribution in [0.4, 0.5) is 20.6 Å². The summed E-state index contributed by atoms with van der Waals surface area (Å²) in [6.45, 7) is 2.92. The molecule has 11 heteroatoms. The van der Waals surface area contributed by atoms with Crippen LogP contribution in [0.5, 0.6) is 5.75 Å². The third-order valence-electron chi connectivity index (χ3n) is 5.78. The molecule has 3 fully saturated rings. The van der Waals surface area contributed by atoms with Gasteiger partial charge in [0.2, 0.25) is 0 Å². The third kappa shape index (κ3) is 2.80. The normalized spacial score (nSPS) is 27.4. The number of fused-ring (bicyclic) bond motifs is 3. The number of amides is 1. The fourth-order valence-electron chi connectivity index (χ4n) is 4.30. The smallest absolute Gasteiger partial charge is 0.415 e. The molecule has 0 bridgehead atoms. The molecule has 1 spiro atoms. The zero-order valence-electron chi connectivity index (χ0n) is 14.8. The molecule has 0 radical (unpaired) electrons. The van der Waals surface area contributed by atoms with Crippen molar-refractivity contribution in [1.29, 1.82) is 0 Å². The number of cyclic esters (lactones) is 1. The first-order valence-corrected chi connectivity index (χ1v) is 10.6. The van der Waals surface area contributed by atoms with Crippen molar-refractivity contribution in [2.75, 3.05) is 48.5 Å². The monoisotopic (exact) mass is 414 g/mol. The molecule has 0 unspecified atom stereocenters. The summed E-state index contributed by atoms with van der Waals surface area (Å²) in [6, 6.07) is 2.27. The summed E-state index contributed by atoms with van der Waals surface area (Å²) in [5.74, 6) is -0.617. The lowest BCUT2D eigenvalue weighted by Crippen LogP contribution is -2.66. The zero-order chi connectivity index (χ0) is 19.7. The SMILES string of the molecule is O=C1O[C@H](CCS(=O)(=O)O)[C@@H]2COc3cc(N4CC5(COC5)C4)c(F)cc3N12. The highest BCUT2D eigenvalue weighted by Gasteiger charge is 2.51. The van der Waals surface area contributed by atoms with E-state index in [2.05, 4.69) is 0 Å². The number of nitrogens with zero attached hydrogens (tertiary/aromatic N) is 2. The van der Waals surface area contributed by atoms with Gasteiger partial charge in [-0.05, 0) is 0 Å². The number of halogens is 1. The molecule has 28 heavy (non-hydrogen) atoms. The minimum Gasteiger partial charge on any atom is -0.489 e. The number of carbonyl (C=O) groups is 1. The Morgan fingerprint density at radius 1 is 1.25 bits per heavy atom. The number of hydrogen-bond donors (Lipinski definition) is 1. The standard InChI is InChI=1S/C17H19FN2O7S/c18-10-3-12-15(4-11(10)19-6-17(7-19)8-25-9-17)26-5-13-14(1-2-28(22,23)24)27-16(21)20(12)13/h3-4,13-14H,1-2,5-9H2,(H,22,23,24)/t13-,14+/m0/s1. The molecule has 152 valence electrons. The lowest BCUT2D eigenvalue weighted by molar-refractivity contribution is -0.127. The third-order valence-corrected chi connectivity index (χ3v) is 6.53. The van der Waals surface area contributed by atoms with Gasteiger partial charge in [0.25, 0.3) is 10.1 Å². The molecular formula is C17H19FN2O7S. The fraction of sp³-hybridized carbons (Fsp3) is 0.588. The summed E-state index contributed by atoms with van der Waals surface area (Å²) in [5.41, 5.74) is 0.817. The van der Waals surface area contributed by atoms with Gasteiger partial charge in [-0.3, -0.25) is 9.45 Å². The molecule has 0 saturated carbocycles. The number of benzene rings is 1. The Labute approximate surface area is 160 Å². The van der Waals surface area contributed by atoms with Crippen LogP contribution in [0.25, 0.3) is 0 Å². The topological polar surface area (TPSA) is 106 Å². The predicted molar refractivity (Wildman–Crippen MR) is 94.9 cm³/mol. The highest BCUT2D eigenvalue weighted by atomic mass is 32.2. The summed E-state index contributed by atoms with van der Waals surface area (Å²) >= 11 is 0. The summed E-state index contributed by atoms with van der Waals surface area (Å²) in [4.78, 5) is 15.5. The Kier molecular flexibility index (Phi) is 3.81. The number of ether oxygens (including phenoxy) is 3. The maximum Gasteiger partial charge on any atom is 0.415 e. The van der Waals surface area contributed by atoms with Crippen molar-refractivity contribution >= 4 is 27.6 Å². The van der Waals surface area contributed by atoms with Crippen LogP contribution in [0, 0.1) is 11.2 Å². The van der Waals surface area contributed by atoms with Gasteiger partial charge in [-0.2, -0.15) is 8.42 Å². The van der Waals surface area contributed by atoms with Gasteiger partial charge in [-0.25, -0.2) is 9.18 Å². The Bertz CT molecular complexity index is 941. The fourth-order valence-corrected chi connectivity index (χ4v) is 4.83. The van der Waals surface area contributed by atoms with E-state index < -0.39 is 39.9 Å². The van der Waals surface area contributed by atoms with Gasteiger partial charge in [-0.1, -0.05) is 0 Å². The van der Waals surface area contributed by atoms with Crippen LogP contribution in [-0.2, 0) is 19.6 Å².